The summed E-state index contributed by atoms with van der Waals surface area (Å²) in [5.41, 5.74) is 2.17. The van der Waals surface area contributed by atoms with E-state index in [2.05, 4.69) is 56.4 Å². The number of rotatable bonds is 5. The molecule has 2 aromatic heterocycles. The van der Waals surface area contributed by atoms with Crippen molar-refractivity contribution in [1.82, 2.24) is 19.7 Å². The molecular weight excluding hydrogens is 312 g/mol. The molecule has 0 unspecified atom stereocenters. The van der Waals surface area contributed by atoms with E-state index in [4.69, 9.17) is 5.26 Å². The zero-order valence-electron chi connectivity index (χ0n) is 14.0. The van der Waals surface area contributed by atoms with Crippen molar-refractivity contribution in [1.29, 1.82) is 5.26 Å². The quantitative estimate of drug-likeness (QED) is 0.718. The molecule has 1 aromatic carbocycles. The Morgan fingerprint density at radius 3 is 2.92 bits per heavy atom. The van der Waals surface area contributed by atoms with Crippen molar-refractivity contribution in [2.75, 3.05) is 11.4 Å². The average Bonchev–Trinajstić information content (AvgIpc) is 3.27. The van der Waals surface area contributed by atoms with Crippen LogP contribution in [-0.2, 0) is 13.0 Å². The molecule has 0 spiro atoms. The summed E-state index contributed by atoms with van der Waals surface area (Å²) in [7, 11) is 0. The fourth-order valence-electron chi connectivity index (χ4n) is 3.64. The molecule has 1 fully saturated rings. The van der Waals surface area contributed by atoms with Gasteiger partial charge in [0.05, 0.1) is 30.6 Å². The van der Waals surface area contributed by atoms with Gasteiger partial charge in [0.1, 0.15) is 12.1 Å². The molecule has 6 heteroatoms. The molecule has 1 saturated heterocycles. The lowest BCUT2D eigenvalue weighted by Crippen LogP contribution is -2.31. The summed E-state index contributed by atoms with van der Waals surface area (Å²) in [6.07, 6.45) is 7.24. The summed E-state index contributed by atoms with van der Waals surface area (Å²) in [4.78, 5) is 11.4. The van der Waals surface area contributed by atoms with Crippen LogP contribution in [0.5, 0.6) is 0 Å². The van der Waals surface area contributed by atoms with Crippen molar-refractivity contribution in [2.45, 2.75) is 38.3 Å². The van der Waals surface area contributed by atoms with E-state index >= 15 is 0 Å². The third-order valence-electron chi connectivity index (χ3n) is 4.81. The number of nitriles is 1. The van der Waals surface area contributed by atoms with Gasteiger partial charge in [-0.05, 0) is 24.8 Å². The lowest BCUT2D eigenvalue weighted by atomic mass is 10.0. The lowest BCUT2D eigenvalue weighted by molar-refractivity contribution is 0.642. The van der Waals surface area contributed by atoms with Crippen LogP contribution in [0, 0.1) is 11.3 Å². The van der Waals surface area contributed by atoms with Crippen molar-refractivity contribution in [3.8, 4) is 6.07 Å². The summed E-state index contributed by atoms with van der Waals surface area (Å²) in [6, 6.07) is 13.2. The van der Waals surface area contributed by atoms with Crippen molar-refractivity contribution < 1.29 is 0 Å². The highest BCUT2D eigenvalue weighted by Gasteiger charge is 2.28. The van der Waals surface area contributed by atoms with Gasteiger partial charge < -0.3 is 4.90 Å². The zero-order chi connectivity index (χ0) is 17.1. The Morgan fingerprint density at radius 1 is 1.20 bits per heavy atom. The lowest BCUT2D eigenvalue weighted by Gasteiger charge is -2.26. The topological polar surface area (TPSA) is 70.6 Å². The van der Waals surface area contributed by atoms with E-state index in [1.807, 2.05) is 6.20 Å². The van der Waals surface area contributed by atoms with Gasteiger partial charge in [-0.15, -0.1) is 0 Å². The molecule has 0 radical (unpaired) electrons. The summed E-state index contributed by atoms with van der Waals surface area (Å²) in [5.74, 6) is 0.964. The molecule has 0 saturated carbocycles. The number of hydrogen-bond acceptors (Lipinski definition) is 5. The summed E-state index contributed by atoms with van der Waals surface area (Å²) < 4.78 is 1.80. The molecule has 0 amide bonds. The molecule has 1 atom stereocenters. The van der Waals surface area contributed by atoms with Crippen LogP contribution in [0.4, 0.5) is 5.82 Å². The van der Waals surface area contributed by atoms with Crippen LogP contribution in [0.2, 0.25) is 0 Å². The maximum atomic E-state index is 8.81. The van der Waals surface area contributed by atoms with Crippen molar-refractivity contribution in [3.05, 3.63) is 48.4 Å². The van der Waals surface area contributed by atoms with Gasteiger partial charge in [0.2, 0.25) is 0 Å². The summed E-state index contributed by atoms with van der Waals surface area (Å²) in [6.45, 7) is 1.57. The van der Waals surface area contributed by atoms with E-state index in [-0.39, 0.29) is 0 Å². The van der Waals surface area contributed by atoms with Gasteiger partial charge in [0, 0.05) is 12.6 Å². The minimum atomic E-state index is 0.427. The van der Waals surface area contributed by atoms with Crippen LogP contribution < -0.4 is 4.90 Å². The molecule has 1 aliphatic rings. The van der Waals surface area contributed by atoms with E-state index in [9.17, 15) is 0 Å². The molecule has 25 heavy (non-hydrogen) atoms. The Hall–Kier alpha value is -2.94. The molecule has 0 aliphatic carbocycles. The minimum Gasteiger partial charge on any atom is -0.353 e. The van der Waals surface area contributed by atoms with Crippen LogP contribution >= 0.6 is 0 Å². The van der Waals surface area contributed by atoms with Gasteiger partial charge >= 0.3 is 0 Å². The van der Waals surface area contributed by atoms with Crippen LogP contribution in [-0.4, -0.2) is 32.3 Å². The standard InChI is InChI=1S/C19H20N6/c20-9-5-11-25-19-17(13-23-25)18(21-14-22-19)24-10-4-8-16(24)12-15-6-2-1-3-7-15/h1-3,6-7,13-14,16H,4-5,8,10-12H2/t16-/m1/s1. The van der Waals surface area contributed by atoms with Gasteiger partial charge in [-0.3, -0.25) is 0 Å². The first kappa shape index (κ1) is 15.6. The summed E-state index contributed by atoms with van der Waals surface area (Å²) in [5, 5.41) is 14.2. The smallest absolute Gasteiger partial charge is 0.163 e. The van der Waals surface area contributed by atoms with E-state index in [1.165, 1.54) is 18.4 Å². The second kappa shape index (κ2) is 6.89. The maximum absolute atomic E-state index is 8.81. The van der Waals surface area contributed by atoms with Gasteiger partial charge in [-0.25, -0.2) is 14.6 Å². The molecular formula is C19H20N6. The highest BCUT2D eigenvalue weighted by atomic mass is 15.3. The molecule has 3 heterocycles. The Labute approximate surface area is 146 Å². The van der Waals surface area contributed by atoms with Crippen molar-refractivity contribution in [2.24, 2.45) is 0 Å². The van der Waals surface area contributed by atoms with Gasteiger partial charge in [-0.2, -0.15) is 10.4 Å². The fourth-order valence-corrected chi connectivity index (χ4v) is 3.64. The third kappa shape index (κ3) is 3.05. The van der Waals surface area contributed by atoms with E-state index in [0.29, 0.717) is 19.0 Å². The van der Waals surface area contributed by atoms with Crippen LogP contribution in [0.1, 0.15) is 24.8 Å². The number of benzene rings is 1. The molecule has 126 valence electrons. The number of anilines is 1. The predicted molar refractivity (Wildman–Crippen MR) is 96.1 cm³/mol. The van der Waals surface area contributed by atoms with Gasteiger partial charge in [0.15, 0.2) is 5.65 Å². The Morgan fingerprint density at radius 2 is 2.08 bits per heavy atom. The Balaban J connectivity index is 1.64. The predicted octanol–water partition coefficient (Wildman–Crippen LogP) is 2.95. The van der Waals surface area contributed by atoms with Gasteiger partial charge in [0.25, 0.3) is 0 Å². The number of nitrogens with zero attached hydrogens (tertiary/aromatic N) is 6. The summed E-state index contributed by atoms with van der Waals surface area (Å²) >= 11 is 0. The minimum absolute atomic E-state index is 0.427. The van der Waals surface area contributed by atoms with Gasteiger partial charge in [-0.1, -0.05) is 30.3 Å². The fraction of sp³-hybridized carbons (Fsp3) is 0.368. The number of fused-ring (bicyclic) bond motifs is 1. The molecule has 0 N–H and O–H groups in total. The molecule has 1 aliphatic heterocycles. The monoisotopic (exact) mass is 332 g/mol. The van der Waals surface area contributed by atoms with Crippen molar-refractivity contribution >= 4 is 16.9 Å². The second-order valence-electron chi connectivity index (χ2n) is 6.39. The molecule has 4 rings (SSSR count). The molecule has 6 nitrogen and oxygen atoms in total. The number of aromatic nitrogens is 4. The van der Waals surface area contributed by atoms with Crippen LogP contribution in [0.15, 0.2) is 42.9 Å². The zero-order valence-corrected chi connectivity index (χ0v) is 14.0. The normalized spacial score (nSPS) is 17.1. The second-order valence-corrected chi connectivity index (χ2v) is 6.39. The highest BCUT2D eigenvalue weighted by molar-refractivity contribution is 5.87. The third-order valence-corrected chi connectivity index (χ3v) is 4.81. The largest absolute Gasteiger partial charge is 0.353 e. The Bertz CT molecular complexity index is 895. The van der Waals surface area contributed by atoms with Crippen LogP contribution in [0.3, 0.4) is 0 Å². The number of aryl methyl sites for hydroxylation is 1. The average molecular weight is 332 g/mol. The van der Waals surface area contributed by atoms with E-state index in [1.54, 1.807) is 11.0 Å². The first-order valence-corrected chi connectivity index (χ1v) is 8.71. The molecule has 3 aromatic rings. The first-order valence-electron chi connectivity index (χ1n) is 8.71. The maximum Gasteiger partial charge on any atom is 0.163 e. The number of hydrogen-bond donors (Lipinski definition) is 0. The first-order chi connectivity index (χ1) is 12.4. The van der Waals surface area contributed by atoms with E-state index < -0.39 is 0 Å². The van der Waals surface area contributed by atoms with E-state index in [0.717, 1.165) is 29.8 Å². The van der Waals surface area contributed by atoms with Crippen LogP contribution in [0.25, 0.3) is 11.0 Å². The Kier molecular flexibility index (Phi) is 4.30. The highest BCUT2D eigenvalue weighted by Crippen LogP contribution is 2.30. The SMILES string of the molecule is N#CCCn1ncc2c(N3CCC[C@@H]3Cc3ccccc3)ncnc21. The van der Waals surface area contributed by atoms with Crippen molar-refractivity contribution in [3.63, 3.8) is 0 Å². The molecule has 0 bridgehead atoms.